The SMILES string of the molecule is Cc1ccc(-c2nc(NC(=O)c3ccc([N+](=O)[O-])s3)c3cnn(-c4cccc(F)c4)c3n2)cc1C#N. The monoisotopic (exact) mass is 499 g/mol. The van der Waals surface area contributed by atoms with Crippen LogP contribution in [0.5, 0.6) is 0 Å². The van der Waals surface area contributed by atoms with E-state index in [1.165, 1.54) is 41.2 Å². The van der Waals surface area contributed by atoms with Gasteiger partial charge in [0.1, 0.15) is 11.6 Å². The van der Waals surface area contributed by atoms with Gasteiger partial charge in [0, 0.05) is 11.6 Å². The van der Waals surface area contributed by atoms with Crippen molar-refractivity contribution in [3.05, 3.63) is 92.7 Å². The molecule has 10 nitrogen and oxygen atoms in total. The molecule has 1 N–H and O–H groups in total. The average molecular weight is 499 g/mol. The standard InChI is InChI=1S/C24H14FN7O3S/c1-13-5-6-14(9-15(13)11-26)21-28-22(30-24(33)19-7-8-20(36-19)32(34)35)18-12-27-31(23(18)29-21)17-4-2-3-16(25)10-17/h2-10,12H,1H3,(H,28,29,30,33). The molecule has 0 spiro atoms. The van der Waals surface area contributed by atoms with Gasteiger partial charge in [-0.25, -0.2) is 19.0 Å². The Hall–Kier alpha value is -5.02. The van der Waals surface area contributed by atoms with E-state index >= 15 is 0 Å². The number of nitrogens with zero attached hydrogens (tertiary/aromatic N) is 6. The number of rotatable bonds is 5. The second kappa shape index (κ2) is 8.97. The number of aryl methyl sites for hydroxylation is 1. The lowest BCUT2D eigenvalue weighted by molar-refractivity contribution is -0.380. The van der Waals surface area contributed by atoms with Gasteiger partial charge in [0.2, 0.25) is 0 Å². The second-order valence-electron chi connectivity index (χ2n) is 7.66. The first-order chi connectivity index (χ1) is 17.3. The van der Waals surface area contributed by atoms with Crippen LogP contribution in [0, 0.1) is 34.2 Å². The summed E-state index contributed by atoms with van der Waals surface area (Å²) in [4.78, 5) is 32.6. The lowest BCUT2D eigenvalue weighted by Gasteiger charge is -2.10. The van der Waals surface area contributed by atoms with Crippen molar-refractivity contribution in [2.24, 2.45) is 0 Å². The Labute approximate surface area is 206 Å². The number of nitrogens with one attached hydrogen (secondary N) is 1. The van der Waals surface area contributed by atoms with E-state index in [0.717, 1.165) is 16.9 Å². The summed E-state index contributed by atoms with van der Waals surface area (Å²) in [6.45, 7) is 1.80. The molecular formula is C24H14FN7O3S. The molecule has 0 fully saturated rings. The van der Waals surface area contributed by atoms with E-state index in [2.05, 4.69) is 26.5 Å². The molecule has 0 saturated heterocycles. The van der Waals surface area contributed by atoms with E-state index in [4.69, 9.17) is 0 Å². The van der Waals surface area contributed by atoms with Crippen LogP contribution in [-0.2, 0) is 0 Å². The maximum absolute atomic E-state index is 13.9. The molecule has 0 aliphatic carbocycles. The summed E-state index contributed by atoms with van der Waals surface area (Å²) in [7, 11) is 0. The molecule has 176 valence electrons. The molecule has 2 aromatic carbocycles. The molecule has 36 heavy (non-hydrogen) atoms. The molecule has 0 bridgehead atoms. The number of anilines is 1. The van der Waals surface area contributed by atoms with Crippen molar-refractivity contribution >= 4 is 39.1 Å². The minimum atomic E-state index is -0.598. The van der Waals surface area contributed by atoms with Gasteiger partial charge in [0.15, 0.2) is 11.5 Å². The molecule has 0 saturated carbocycles. The summed E-state index contributed by atoms with van der Waals surface area (Å²) in [5, 5.41) is 27.7. The van der Waals surface area contributed by atoms with Gasteiger partial charge in [0.25, 0.3) is 5.91 Å². The predicted octanol–water partition coefficient (Wildman–Crippen LogP) is 5.02. The Morgan fingerprint density at radius 1 is 1.19 bits per heavy atom. The Bertz CT molecular complexity index is 1720. The number of carbonyl (C=O) groups excluding carboxylic acids is 1. The number of halogens is 1. The number of hydrogen-bond donors (Lipinski definition) is 1. The van der Waals surface area contributed by atoms with E-state index in [1.807, 2.05) is 0 Å². The zero-order chi connectivity index (χ0) is 25.4. The van der Waals surface area contributed by atoms with Crippen LogP contribution in [0.1, 0.15) is 20.8 Å². The minimum Gasteiger partial charge on any atom is -0.305 e. The van der Waals surface area contributed by atoms with Gasteiger partial charge in [-0.1, -0.05) is 29.5 Å². The number of aromatic nitrogens is 4. The van der Waals surface area contributed by atoms with Crippen molar-refractivity contribution in [1.29, 1.82) is 5.26 Å². The minimum absolute atomic E-state index is 0.109. The van der Waals surface area contributed by atoms with Crippen molar-refractivity contribution in [2.45, 2.75) is 6.92 Å². The highest BCUT2D eigenvalue weighted by molar-refractivity contribution is 7.17. The molecule has 5 rings (SSSR count). The average Bonchev–Trinajstić information content (AvgIpc) is 3.52. The summed E-state index contributed by atoms with van der Waals surface area (Å²) in [5.41, 5.74) is 2.43. The normalized spacial score (nSPS) is 10.8. The van der Waals surface area contributed by atoms with E-state index < -0.39 is 16.6 Å². The number of benzene rings is 2. The zero-order valence-corrected chi connectivity index (χ0v) is 19.3. The Morgan fingerprint density at radius 3 is 2.75 bits per heavy atom. The van der Waals surface area contributed by atoms with Gasteiger partial charge in [-0.15, -0.1) is 0 Å². The van der Waals surface area contributed by atoms with Crippen LogP contribution in [0.2, 0.25) is 0 Å². The van der Waals surface area contributed by atoms with Crippen LogP contribution >= 0.6 is 11.3 Å². The topological polar surface area (TPSA) is 140 Å². The second-order valence-corrected chi connectivity index (χ2v) is 8.72. The van der Waals surface area contributed by atoms with Crippen molar-refractivity contribution in [2.75, 3.05) is 5.32 Å². The first kappa shape index (κ1) is 22.8. The van der Waals surface area contributed by atoms with Gasteiger partial charge in [-0.3, -0.25) is 14.9 Å². The van der Waals surface area contributed by atoms with E-state index in [1.54, 1.807) is 31.2 Å². The highest BCUT2D eigenvalue weighted by Gasteiger charge is 2.20. The van der Waals surface area contributed by atoms with Crippen LogP contribution in [0.15, 0.2) is 60.8 Å². The number of hydrogen-bond acceptors (Lipinski definition) is 8. The predicted molar refractivity (Wildman–Crippen MR) is 130 cm³/mol. The largest absolute Gasteiger partial charge is 0.324 e. The van der Waals surface area contributed by atoms with Gasteiger partial charge < -0.3 is 5.32 Å². The van der Waals surface area contributed by atoms with Crippen LogP contribution in [-0.4, -0.2) is 30.6 Å². The number of carbonyl (C=O) groups is 1. The molecule has 0 radical (unpaired) electrons. The van der Waals surface area contributed by atoms with Gasteiger partial charge in [0.05, 0.1) is 38.7 Å². The molecule has 12 heteroatoms. The van der Waals surface area contributed by atoms with Crippen LogP contribution in [0.25, 0.3) is 28.1 Å². The lowest BCUT2D eigenvalue weighted by Crippen LogP contribution is -2.12. The molecule has 0 aliphatic rings. The summed E-state index contributed by atoms with van der Waals surface area (Å²) >= 11 is 0.731. The molecule has 0 unspecified atom stereocenters. The summed E-state index contributed by atoms with van der Waals surface area (Å²) in [6.07, 6.45) is 1.44. The number of amides is 1. The van der Waals surface area contributed by atoms with E-state index in [9.17, 15) is 24.6 Å². The molecule has 3 aromatic heterocycles. The first-order valence-electron chi connectivity index (χ1n) is 10.4. The van der Waals surface area contributed by atoms with Crippen molar-refractivity contribution in [3.63, 3.8) is 0 Å². The molecule has 3 heterocycles. The fraction of sp³-hybridized carbons (Fsp3) is 0.0417. The maximum Gasteiger partial charge on any atom is 0.324 e. The molecule has 5 aromatic rings. The van der Waals surface area contributed by atoms with Crippen LogP contribution < -0.4 is 5.32 Å². The lowest BCUT2D eigenvalue weighted by atomic mass is 10.1. The quantitative estimate of drug-likeness (QED) is 0.264. The first-order valence-corrected chi connectivity index (χ1v) is 11.2. The molecule has 0 aliphatic heterocycles. The summed E-state index contributed by atoms with van der Waals surface area (Å²) in [6, 6.07) is 15.6. The Morgan fingerprint density at radius 2 is 2.03 bits per heavy atom. The number of nitro groups is 1. The van der Waals surface area contributed by atoms with Crippen LogP contribution in [0.3, 0.4) is 0 Å². The van der Waals surface area contributed by atoms with Crippen LogP contribution in [0.4, 0.5) is 15.2 Å². The third-order valence-electron chi connectivity index (χ3n) is 5.32. The molecule has 1 amide bonds. The zero-order valence-electron chi connectivity index (χ0n) is 18.5. The number of thiophene rings is 1. The van der Waals surface area contributed by atoms with Crippen molar-refractivity contribution in [3.8, 4) is 23.1 Å². The van der Waals surface area contributed by atoms with Crippen molar-refractivity contribution < 1.29 is 14.1 Å². The molecular weight excluding hydrogens is 485 g/mol. The number of nitriles is 1. The fourth-order valence-corrected chi connectivity index (χ4v) is 4.24. The number of fused-ring (bicyclic) bond motifs is 1. The third kappa shape index (κ3) is 4.15. The third-order valence-corrected chi connectivity index (χ3v) is 6.36. The highest BCUT2D eigenvalue weighted by atomic mass is 32.1. The Kier molecular flexibility index (Phi) is 5.67. The van der Waals surface area contributed by atoms with Gasteiger partial charge >= 0.3 is 5.00 Å². The highest BCUT2D eigenvalue weighted by Crippen LogP contribution is 2.29. The summed E-state index contributed by atoms with van der Waals surface area (Å²) in [5.74, 6) is -0.753. The smallest absolute Gasteiger partial charge is 0.305 e. The fourth-order valence-electron chi connectivity index (χ4n) is 3.53. The van der Waals surface area contributed by atoms with E-state index in [-0.39, 0.29) is 27.2 Å². The van der Waals surface area contributed by atoms with Gasteiger partial charge in [-0.2, -0.15) is 10.4 Å². The van der Waals surface area contributed by atoms with Crippen molar-refractivity contribution in [1.82, 2.24) is 19.7 Å². The van der Waals surface area contributed by atoms with E-state index in [0.29, 0.717) is 22.2 Å². The molecule has 0 atom stereocenters. The Balaban J connectivity index is 1.67. The maximum atomic E-state index is 13.9. The van der Waals surface area contributed by atoms with Gasteiger partial charge in [-0.05, 0) is 42.8 Å². The summed E-state index contributed by atoms with van der Waals surface area (Å²) < 4.78 is 15.3.